The average molecular weight is 643 g/mol. The van der Waals surface area contributed by atoms with Gasteiger partial charge in [-0.15, -0.1) is 0 Å². The lowest BCUT2D eigenvalue weighted by atomic mass is 9.91. The molecule has 2 aliphatic rings. The monoisotopic (exact) mass is 642 g/mol. The normalized spacial score (nSPS) is 15.9. The minimum Gasteiger partial charge on any atom is -0.478 e. The summed E-state index contributed by atoms with van der Waals surface area (Å²) in [6.45, 7) is 6.45. The van der Waals surface area contributed by atoms with E-state index in [0.29, 0.717) is 37.6 Å². The first kappa shape index (κ1) is 33.6. The quantitative estimate of drug-likeness (QED) is 0.259. The van der Waals surface area contributed by atoms with Crippen LogP contribution in [-0.4, -0.2) is 95.8 Å². The van der Waals surface area contributed by atoms with Crippen molar-refractivity contribution in [3.63, 3.8) is 0 Å². The summed E-state index contributed by atoms with van der Waals surface area (Å²) < 4.78 is 10.8. The zero-order valence-corrected chi connectivity index (χ0v) is 26.9. The molecular formula is C36H42N4O7. The minimum atomic E-state index is -1.05. The lowest BCUT2D eigenvalue weighted by Crippen LogP contribution is -2.56. The average Bonchev–Trinajstić information content (AvgIpc) is 3.89. The molecule has 1 atom stereocenters. The number of hydrogen-bond acceptors (Lipinski definition) is 7. The number of ether oxygens (including phenoxy) is 2. The largest absolute Gasteiger partial charge is 0.478 e. The Morgan fingerprint density at radius 1 is 0.915 bits per heavy atom. The fourth-order valence-corrected chi connectivity index (χ4v) is 5.95. The summed E-state index contributed by atoms with van der Waals surface area (Å²) in [5.41, 5.74) is 3.54. The molecule has 2 aromatic carbocycles. The Morgan fingerprint density at radius 2 is 1.60 bits per heavy atom. The van der Waals surface area contributed by atoms with Crippen molar-refractivity contribution < 1.29 is 33.8 Å². The Bertz CT molecular complexity index is 1570. The maximum absolute atomic E-state index is 14.0. The molecule has 0 spiro atoms. The number of nitrogens with one attached hydrogen (secondary N) is 1. The van der Waals surface area contributed by atoms with Gasteiger partial charge in [-0.25, -0.2) is 14.6 Å². The second-order valence-electron chi connectivity index (χ2n) is 12.0. The molecule has 1 unspecified atom stereocenters. The predicted molar refractivity (Wildman–Crippen MR) is 175 cm³/mol. The molecule has 3 aromatic rings. The van der Waals surface area contributed by atoms with Crippen molar-refractivity contribution in [1.29, 1.82) is 0 Å². The van der Waals surface area contributed by atoms with Crippen LogP contribution in [0, 0.1) is 0 Å². The van der Waals surface area contributed by atoms with Gasteiger partial charge in [0.2, 0.25) is 5.91 Å². The molecule has 2 fully saturated rings. The van der Waals surface area contributed by atoms with Gasteiger partial charge in [0, 0.05) is 51.4 Å². The van der Waals surface area contributed by atoms with Crippen molar-refractivity contribution in [3.8, 4) is 11.3 Å². The first-order chi connectivity index (χ1) is 22.7. The van der Waals surface area contributed by atoms with E-state index in [1.54, 1.807) is 28.9 Å². The van der Waals surface area contributed by atoms with E-state index in [1.165, 1.54) is 12.1 Å². The van der Waals surface area contributed by atoms with Gasteiger partial charge in [0.25, 0.3) is 5.91 Å². The van der Waals surface area contributed by atoms with Gasteiger partial charge >= 0.3 is 12.1 Å². The lowest BCUT2D eigenvalue weighted by molar-refractivity contribution is -0.134. The third-order valence-corrected chi connectivity index (χ3v) is 8.88. The number of hydrogen-bond donors (Lipinski definition) is 2. The number of piperazine rings is 1. The van der Waals surface area contributed by atoms with Crippen LogP contribution in [0.25, 0.3) is 11.3 Å². The third-order valence-electron chi connectivity index (χ3n) is 8.88. The second-order valence-corrected chi connectivity index (χ2v) is 12.0. The number of rotatable bonds is 13. The molecule has 248 valence electrons. The fourth-order valence-electron chi connectivity index (χ4n) is 5.95. The highest BCUT2D eigenvalue weighted by atomic mass is 16.6. The number of amides is 3. The number of carboxylic acids is 1. The Kier molecular flexibility index (Phi) is 10.9. The molecule has 2 N–H and O–H groups in total. The van der Waals surface area contributed by atoms with Gasteiger partial charge in [-0.2, -0.15) is 0 Å². The maximum Gasteiger partial charge on any atom is 0.409 e. The molecule has 1 aliphatic carbocycles. The van der Waals surface area contributed by atoms with Crippen LogP contribution in [-0.2, 0) is 26.1 Å². The van der Waals surface area contributed by atoms with E-state index in [2.05, 4.69) is 11.4 Å². The topological polar surface area (TPSA) is 138 Å². The Labute approximate surface area is 274 Å². The van der Waals surface area contributed by atoms with E-state index < -0.39 is 24.0 Å². The van der Waals surface area contributed by atoms with E-state index in [1.807, 2.05) is 43.3 Å². The summed E-state index contributed by atoms with van der Waals surface area (Å²) in [6, 6.07) is 18.9. The molecule has 3 amide bonds. The number of carbonyl (C=O) groups excluding carboxylic acids is 3. The highest BCUT2D eigenvalue weighted by molar-refractivity contribution is 5.97. The van der Waals surface area contributed by atoms with Crippen LogP contribution >= 0.6 is 0 Å². The van der Waals surface area contributed by atoms with Gasteiger partial charge in [-0.1, -0.05) is 42.5 Å². The van der Waals surface area contributed by atoms with Gasteiger partial charge in [0.1, 0.15) is 11.7 Å². The predicted octanol–water partition coefficient (Wildman–Crippen LogP) is 4.55. The highest BCUT2D eigenvalue weighted by Gasteiger charge is 2.44. The molecule has 5 rings (SSSR count). The first-order valence-electron chi connectivity index (χ1n) is 16.2. The second kappa shape index (κ2) is 15.2. The van der Waals surface area contributed by atoms with Gasteiger partial charge < -0.3 is 29.7 Å². The van der Waals surface area contributed by atoms with Crippen LogP contribution in [0.1, 0.15) is 65.1 Å². The Hall–Kier alpha value is -4.77. The zero-order valence-electron chi connectivity index (χ0n) is 26.9. The van der Waals surface area contributed by atoms with Crippen molar-refractivity contribution in [1.82, 2.24) is 20.1 Å². The van der Waals surface area contributed by atoms with Crippen molar-refractivity contribution in [2.75, 3.05) is 46.0 Å². The molecule has 1 aliphatic heterocycles. The van der Waals surface area contributed by atoms with E-state index >= 15 is 0 Å². The lowest BCUT2D eigenvalue weighted by Gasteiger charge is -2.36. The molecule has 1 saturated carbocycles. The summed E-state index contributed by atoms with van der Waals surface area (Å²) in [6.07, 6.45) is 2.55. The van der Waals surface area contributed by atoms with Crippen molar-refractivity contribution in [2.45, 2.75) is 51.0 Å². The highest BCUT2D eigenvalue weighted by Crippen LogP contribution is 2.51. The van der Waals surface area contributed by atoms with Crippen molar-refractivity contribution >= 4 is 23.9 Å². The van der Waals surface area contributed by atoms with Gasteiger partial charge in [0.15, 0.2) is 0 Å². The minimum absolute atomic E-state index is 0.0869. The van der Waals surface area contributed by atoms with Crippen LogP contribution < -0.4 is 5.32 Å². The molecule has 0 radical (unpaired) electrons. The smallest absolute Gasteiger partial charge is 0.409 e. The standard InChI is InChI=1S/C36H42N4O7/c1-3-46-21-16-36(14-15-36)28-23-29(26-8-6-5-7-9-26)37-30(24-28)32(41)38-31(22-25-10-12-27(13-11-25)34(43)44)33(42)39-17-19-40(20-18-39)35(45)47-4-2/h5-13,23-24,31H,3-4,14-22H2,1-2H3,(H,38,41)(H,43,44). The third kappa shape index (κ3) is 8.34. The maximum atomic E-state index is 14.0. The van der Waals surface area contributed by atoms with E-state index in [-0.39, 0.29) is 48.7 Å². The molecule has 1 saturated heterocycles. The molecule has 0 bridgehead atoms. The van der Waals surface area contributed by atoms with E-state index in [4.69, 9.17) is 14.5 Å². The van der Waals surface area contributed by atoms with Crippen LogP contribution in [0.5, 0.6) is 0 Å². The number of nitrogens with zero attached hydrogens (tertiary/aromatic N) is 3. The van der Waals surface area contributed by atoms with Gasteiger partial charge in [-0.3, -0.25) is 9.59 Å². The van der Waals surface area contributed by atoms with Crippen LogP contribution in [0.15, 0.2) is 66.7 Å². The molecule has 47 heavy (non-hydrogen) atoms. The Balaban J connectivity index is 1.42. The number of carbonyl (C=O) groups is 4. The summed E-state index contributed by atoms with van der Waals surface area (Å²) in [5.74, 6) is -1.82. The fraction of sp³-hybridized carbons (Fsp3) is 0.417. The zero-order chi connectivity index (χ0) is 33.4. The van der Waals surface area contributed by atoms with Gasteiger partial charge in [-0.05, 0) is 73.9 Å². The molecule has 11 heteroatoms. The summed E-state index contributed by atoms with van der Waals surface area (Å²) in [5, 5.41) is 12.3. The molecule has 1 aromatic heterocycles. The first-order valence-corrected chi connectivity index (χ1v) is 16.2. The molecular weight excluding hydrogens is 600 g/mol. The van der Waals surface area contributed by atoms with Crippen LogP contribution in [0.3, 0.4) is 0 Å². The molecule has 2 heterocycles. The summed E-state index contributed by atoms with van der Waals surface area (Å²) in [7, 11) is 0. The number of benzene rings is 2. The number of aromatic nitrogens is 1. The van der Waals surface area contributed by atoms with E-state index in [9.17, 15) is 24.3 Å². The van der Waals surface area contributed by atoms with Crippen LogP contribution in [0.2, 0.25) is 0 Å². The summed E-state index contributed by atoms with van der Waals surface area (Å²) >= 11 is 0. The number of aromatic carboxylic acids is 1. The van der Waals surface area contributed by atoms with Crippen molar-refractivity contribution in [2.24, 2.45) is 0 Å². The number of pyridine rings is 1. The van der Waals surface area contributed by atoms with Crippen LogP contribution in [0.4, 0.5) is 4.79 Å². The SMILES string of the molecule is CCOCCC1(c2cc(C(=O)NC(Cc3ccc(C(=O)O)cc3)C(=O)N3CCN(C(=O)OCC)CC3)nc(-c3ccccc3)c2)CC1. The Morgan fingerprint density at radius 3 is 2.21 bits per heavy atom. The summed E-state index contributed by atoms with van der Waals surface area (Å²) in [4.78, 5) is 59.6. The van der Waals surface area contributed by atoms with E-state index in [0.717, 1.165) is 30.4 Å². The van der Waals surface area contributed by atoms with Gasteiger partial charge in [0.05, 0.1) is 17.9 Å². The van der Waals surface area contributed by atoms with Crippen molar-refractivity contribution in [3.05, 3.63) is 89.1 Å². The number of carboxylic acid groups (broad SMARTS) is 1. The molecule has 11 nitrogen and oxygen atoms in total.